The number of piperazine rings is 1. The summed E-state index contributed by atoms with van der Waals surface area (Å²) in [5.41, 5.74) is 1.46. The molecule has 8 heteroatoms. The van der Waals surface area contributed by atoms with Crippen LogP contribution in [0, 0.1) is 11.6 Å². The maximum Gasteiger partial charge on any atom is 0.251 e. The summed E-state index contributed by atoms with van der Waals surface area (Å²) in [6.07, 6.45) is 2.25. The van der Waals surface area contributed by atoms with Crippen LogP contribution in [0.1, 0.15) is 41.1 Å². The molecule has 2 aliphatic rings. The summed E-state index contributed by atoms with van der Waals surface area (Å²) in [6, 6.07) is 11.7. The van der Waals surface area contributed by atoms with Crippen molar-refractivity contribution in [3.63, 3.8) is 0 Å². The van der Waals surface area contributed by atoms with Crippen LogP contribution in [0.25, 0.3) is 0 Å². The monoisotopic (exact) mass is 470 g/mol. The van der Waals surface area contributed by atoms with Gasteiger partial charge in [-0.25, -0.2) is 8.78 Å². The Hall–Kier alpha value is -2.84. The van der Waals surface area contributed by atoms with Gasteiger partial charge in [0.15, 0.2) is 0 Å². The molecule has 34 heavy (non-hydrogen) atoms. The van der Waals surface area contributed by atoms with Crippen LogP contribution in [-0.2, 0) is 4.79 Å². The van der Waals surface area contributed by atoms with Crippen LogP contribution in [-0.4, -0.2) is 73.5 Å². The Morgan fingerprint density at radius 1 is 0.971 bits per heavy atom. The highest BCUT2D eigenvalue weighted by atomic mass is 19.1. The first-order valence-corrected chi connectivity index (χ1v) is 11.9. The Morgan fingerprint density at radius 2 is 1.59 bits per heavy atom. The third kappa shape index (κ3) is 6.39. The lowest BCUT2D eigenvalue weighted by molar-refractivity contribution is -0.135. The predicted molar refractivity (Wildman–Crippen MR) is 127 cm³/mol. The summed E-state index contributed by atoms with van der Waals surface area (Å²) in [7, 11) is 2.03. The van der Waals surface area contributed by atoms with E-state index in [9.17, 15) is 18.4 Å². The first-order valence-electron chi connectivity index (χ1n) is 11.9. The fourth-order valence-electron chi connectivity index (χ4n) is 4.44. The van der Waals surface area contributed by atoms with Crippen LogP contribution in [0.3, 0.4) is 0 Å². The summed E-state index contributed by atoms with van der Waals surface area (Å²) < 4.78 is 26.4. The molecule has 0 radical (unpaired) electrons. The second-order valence-corrected chi connectivity index (χ2v) is 9.26. The molecular formula is C26H32F2N4O2. The first-order chi connectivity index (χ1) is 16.4. The van der Waals surface area contributed by atoms with E-state index in [2.05, 4.69) is 15.5 Å². The normalized spacial score (nSPS) is 21.2. The fourth-order valence-corrected chi connectivity index (χ4v) is 4.44. The molecule has 182 valence electrons. The van der Waals surface area contributed by atoms with Crippen molar-refractivity contribution in [1.29, 1.82) is 0 Å². The van der Waals surface area contributed by atoms with Crippen molar-refractivity contribution in [2.45, 2.75) is 37.3 Å². The summed E-state index contributed by atoms with van der Waals surface area (Å²) in [6.45, 7) is 3.61. The van der Waals surface area contributed by atoms with Crippen LogP contribution in [0.15, 0.2) is 48.5 Å². The number of likely N-dealkylation sites (N-methyl/N-ethyl adjacent to an activating group) is 1. The minimum absolute atomic E-state index is 0.0702. The summed E-state index contributed by atoms with van der Waals surface area (Å²) >= 11 is 0. The maximum absolute atomic E-state index is 13.2. The van der Waals surface area contributed by atoms with E-state index in [1.807, 2.05) is 24.1 Å². The van der Waals surface area contributed by atoms with E-state index < -0.39 is 11.9 Å². The molecule has 2 fully saturated rings. The molecule has 2 amide bonds. The third-order valence-corrected chi connectivity index (χ3v) is 6.69. The fraction of sp³-hybridized carbons (Fsp3) is 0.462. The smallest absolute Gasteiger partial charge is 0.251 e. The molecule has 1 heterocycles. The number of benzene rings is 2. The number of nitrogens with one attached hydrogen (secondary N) is 2. The minimum atomic E-state index is -0.630. The zero-order valence-corrected chi connectivity index (χ0v) is 19.5. The van der Waals surface area contributed by atoms with Gasteiger partial charge in [-0.3, -0.25) is 9.59 Å². The molecule has 0 aromatic heterocycles. The lowest BCUT2D eigenvalue weighted by Crippen LogP contribution is -2.54. The number of amides is 2. The Labute approximate surface area is 199 Å². The van der Waals surface area contributed by atoms with Gasteiger partial charge in [-0.05, 0) is 74.8 Å². The van der Waals surface area contributed by atoms with Crippen LogP contribution in [0.5, 0.6) is 0 Å². The zero-order valence-electron chi connectivity index (χ0n) is 19.5. The molecule has 6 nitrogen and oxygen atoms in total. The largest absolute Gasteiger partial charge is 0.340 e. The van der Waals surface area contributed by atoms with E-state index in [1.165, 1.54) is 36.4 Å². The maximum atomic E-state index is 13.2. The topological polar surface area (TPSA) is 64.7 Å². The molecule has 2 aromatic carbocycles. The Balaban J connectivity index is 1.30. The molecule has 0 bridgehead atoms. The van der Waals surface area contributed by atoms with E-state index in [-0.39, 0.29) is 17.6 Å². The second-order valence-electron chi connectivity index (χ2n) is 9.26. The molecule has 1 aliphatic heterocycles. The van der Waals surface area contributed by atoms with Gasteiger partial charge in [0.25, 0.3) is 5.91 Å². The minimum Gasteiger partial charge on any atom is -0.340 e. The van der Waals surface area contributed by atoms with Crippen LogP contribution in [0.2, 0.25) is 0 Å². The van der Waals surface area contributed by atoms with Gasteiger partial charge >= 0.3 is 0 Å². The van der Waals surface area contributed by atoms with Crippen LogP contribution in [0.4, 0.5) is 8.78 Å². The van der Waals surface area contributed by atoms with E-state index in [4.69, 9.17) is 0 Å². The lowest BCUT2D eigenvalue weighted by Gasteiger charge is -2.34. The Bertz CT molecular complexity index is 975. The number of hydrogen-bond donors (Lipinski definition) is 2. The van der Waals surface area contributed by atoms with Crippen LogP contribution >= 0.6 is 0 Å². The van der Waals surface area contributed by atoms with Gasteiger partial charge in [-0.2, -0.15) is 0 Å². The summed E-state index contributed by atoms with van der Waals surface area (Å²) in [4.78, 5) is 29.9. The Kier molecular flexibility index (Phi) is 7.90. The van der Waals surface area contributed by atoms with Gasteiger partial charge in [-0.1, -0.05) is 12.1 Å². The SMILES string of the molecule is CN1CCN(C(=O)C(CCCNC2CC2c2ccc(F)cc2)NC(=O)c2ccc(F)cc2)CC1. The molecule has 3 atom stereocenters. The summed E-state index contributed by atoms with van der Waals surface area (Å²) in [5.74, 6) is -0.695. The number of halogens is 2. The summed E-state index contributed by atoms with van der Waals surface area (Å²) in [5, 5.41) is 6.39. The highest BCUT2D eigenvalue weighted by Crippen LogP contribution is 2.40. The van der Waals surface area contributed by atoms with Crippen LogP contribution < -0.4 is 10.6 Å². The van der Waals surface area contributed by atoms with Crippen molar-refractivity contribution in [2.24, 2.45) is 0 Å². The highest BCUT2D eigenvalue weighted by molar-refractivity contribution is 5.97. The second kappa shape index (κ2) is 11.1. The van der Waals surface area contributed by atoms with E-state index in [1.54, 1.807) is 0 Å². The molecular weight excluding hydrogens is 438 g/mol. The van der Waals surface area contributed by atoms with Gasteiger partial charge < -0.3 is 20.4 Å². The van der Waals surface area contributed by atoms with E-state index >= 15 is 0 Å². The third-order valence-electron chi connectivity index (χ3n) is 6.69. The molecule has 0 spiro atoms. The number of carbonyl (C=O) groups excluding carboxylic acids is 2. The van der Waals surface area contributed by atoms with Crippen molar-refractivity contribution in [3.05, 3.63) is 71.3 Å². The van der Waals surface area contributed by atoms with Crippen molar-refractivity contribution in [2.75, 3.05) is 39.8 Å². The van der Waals surface area contributed by atoms with Gasteiger partial charge in [0.05, 0.1) is 0 Å². The van der Waals surface area contributed by atoms with Crippen molar-refractivity contribution >= 4 is 11.8 Å². The molecule has 2 aromatic rings. The zero-order chi connectivity index (χ0) is 24.1. The quantitative estimate of drug-likeness (QED) is 0.554. The molecule has 1 saturated carbocycles. The average Bonchev–Trinajstić information content (AvgIpc) is 3.61. The molecule has 4 rings (SSSR count). The molecule has 3 unspecified atom stereocenters. The Morgan fingerprint density at radius 3 is 2.24 bits per heavy atom. The average molecular weight is 471 g/mol. The van der Waals surface area contributed by atoms with Gasteiger partial charge in [0.1, 0.15) is 17.7 Å². The lowest BCUT2D eigenvalue weighted by atomic mass is 10.1. The number of hydrogen-bond acceptors (Lipinski definition) is 4. The van der Waals surface area contributed by atoms with Crippen molar-refractivity contribution in [3.8, 4) is 0 Å². The number of rotatable bonds is 9. The van der Waals surface area contributed by atoms with Gasteiger partial charge in [-0.15, -0.1) is 0 Å². The number of carbonyl (C=O) groups is 2. The van der Waals surface area contributed by atoms with Crippen molar-refractivity contribution in [1.82, 2.24) is 20.4 Å². The predicted octanol–water partition coefficient (Wildman–Crippen LogP) is 2.76. The molecule has 1 aliphatic carbocycles. The van der Waals surface area contributed by atoms with Crippen molar-refractivity contribution < 1.29 is 18.4 Å². The standard InChI is InChI=1S/C26H32F2N4O2/c1-31-13-15-32(16-14-31)26(34)23(30-25(33)19-6-10-21(28)11-7-19)3-2-12-29-24-17-22(24)18-4-8-20(27)9-5-18/h4-11,22-24,29H,2-3,12-17H2,1H3,(H,30,33). The van der Waals surface area contributed by atoms with E-state index in [0.717, 1.165) is 38.0 Å². The number of nitrogens with zero attached hydrogens (tertiary/aromatic N) is 2. The first kappa shape index (κ1) is 24.3. The van der Waals surface area contributed by atoms with Gasteiger partial charge in [0, 0.05) is 43.7 Å². The van der Waals surface area contributed by atoms with Gasteiger partial charge in [0.2, 0.25) is 5.91 Å². The van der Waals surface area contributed by atoms with E-state index in [0.29, 0.717) is 37.0 Å². The highest BCUT2D eigenvalue weighted by Gasteiger charge is 2.37. The molecule has 2 N–H and O–H groups in total. The molecule has 1 saturated heterocycles.